The quantitative estimate of drug-likeness (QED) is 0.914. The average Bonchev–Trinajstić information content (AvgIpc) is 2.85. The molecule has 5 nitrogen and oxygen atoms in total. The van der Waals surface area contributed by atoms with Gasteiger partial charge in [0.1, 0.15) is 5.75 Å². The van der Waals surface area contributed by atoms with Crippen molar-refractivity contribution < 1.29 is 19.0 Å². The monoisotopic (exact) mass is 327 g/mol. The minimum absolute atomic E-state index is 0.0349. The summed E-state index contributed by atoms with van der Waals surface area (Å²) >= 11 is 0. The van der Waals surface area contributed by atoms with Crippen LogP contribution < -0.4 is 19.5 Å². The minimum Gasteiger partial charge on any atom is -0.497 e. The van der Waals surface area contributed by atoms with Crippen molar-refractivity contribution >= 4 is 11.6 Å². The van der Waals surface area contributed by atoms with Gasteiger partial charge >= 0.3 is 0 Å². The molecule has 1 aliphatic rings. The molecule has 1 aliphatic heterocycles. The zero-order valence-corrected chi connectivity index (χ0v) is 13.7. The molecule has 0 fully saturated rings. The fourth-order valence-corrected chi connectivity index (χ4v) is 2.55. The molecule has 1 amide bonds. The molecular formula is C19H21NO4. The zero-order chi connectivity index (χ0) is 16.8. The highest BCUT2D eigenvalue weighted by Gasteiger charge is 2.12. The first-order valence-corrected chi connectivity index (χ1v) is 8.07. The highest BCUT2D eigenvalue weighted by molar-refractivity contribution is 5.91. The van der Waals surface area contributed by atoms with E-state index in [1.807, 2.05) is 42.5 Å². The topological polar surface area (TPSA) is 56.8 Å². The third-order valence-corrected chi connectivity index (χ3v) is 3.81. The van der Waals surface area contributed by atoms with E-state index in [2.05, 4.69) is 5.32 Å². The van der Waals surface area contributed by atoms with Gasteiger partial charge in [0, 0.05) is 24.6 Å². The molecule has 0 spiro atoms. The standard InChI is InChI=1S/C19H21NO4/c1-22-16-5-2-4-14(12-16)6-9-19(21)20-15-7-8-17-18(13-15)24-11-3-10-23-17/h2,4-5,7-8,12-13H,3,6,9-11H2,1H3,(H,20,21). The number of hydrogen-bond donors (Lipinski definition) is 1. The van der Waals surface area contributed by atoms with Gasteiger partial charge < -0.3 is 19.5 Å². The molecule has 3 rings (SSSR count). The molecule has 5 heteroatoms. The van der Waals surface area contributed by atoms with Crippen LogP contribution in [0.4, 0.5) is 5.69 Å². The number of benzene rings is 2. The Morgan fingerprint density at radius 1 is 1.12 bits per heavy atom. The number of aryl methyl sites for hydroxylation is 1. The fraction of sp³-hybridized carbons (Fsp3) is 0.316. The Morgan fingerprint density at radius 2 is 1.96 bits per heavy atom. The van der Waals surface area contributed by atoms with E-state index in [0.29, 0.717) is 31.8 Å². The molecule has 0 aromatic heterocycles. The van der Waals surface area contributed by atoms with E-state index in [1.54, 1.807) is 7.11 Å². The Balaban J connectivity index is 1.57. The van der Waals surface area contributed by atoms with Gasteiger partial charge in [0.15, 0.2) is 11.5 Å². The van der Waals surface area contributed by atoms with E-state index in [4.69, 9.17) is 14.2 Å². The summed E-state index contributed by atoms with van der Waals surface area (Å²) in [6.45, 7) is 1.28. The van der Waals surface area contributed by atoms with Gasteiger partial charge in [-0.1, -0.05) is 12.1 Å². The lowest BCUT2D eigenvalue weighted by molar-refractivity contribution is -0.116. The van der Waals surface area contributed by atoms with Gasteiger partial charge in [-0.05, 0) is 36.2 Å². The lowest BCUT2D eigenvalue weighted by Crippen LogP contribution is -2.12. The van der Waals surface area contributed by atoms with E-state index in [0.717, 1.165) is 29.2 Å². The van der Waals surface area contributed by atoms with E-state index in [-0.39, 0.29) is 5.91 Å². The van der Waals surface area contributed by atoms with Crippen LogP contribution in [0.3, 0.4) is 0 Å². The molecule has 2 aromatic rings. The smallest absolute Gasteiger partial charge is 0.224 e. The van der Waals surface area contributed by atoms with Gasteiger partial charge in [0.25, 0.3) is 0 Å². The second-order valence-electron chi connectivity index (χ2n) is 5.61. The van der Waals surface area contributed by atoms with Crippen LogP contribution in [0.2, 0.25) is 0 Å². The maximum Gasteiger partial charge on any atom is 0.224 e. The molecule has 126 valence electrons. The van der Waals surface area contributed by atoms with Crippen molar-refractivity contribution in [1.29, 1.82) is 0 Å². The number of methoxy groups -OCH3 is 1. The highest BCUT2D eigenvalue weighted by Crippen LogP contribution is 2.32. The molecule has 0 saturated carbocycles. The summed E-state index contributed by atoms with van der Waals surface area (Å²) < 4.78 is 16.4. The van der Waals surface area contributed by atoms with Crippen LogP contribution in [0, 0.1) is 0 Å². The Labute approximate surface area is 141 Å². The van der Waals surface area contributed by atoms with Crippen LogP contribution >= 0.6 is 0 Å². The lowest BCUT2D eigenvalue weighted by Gasteiger charge is -2.10. The highest BCUT2D eigenvalue weighted by atomic mass is 16.5. The van der Waals surface area contributed by atoms with Crippen LogP contribution in [-0.2, 0) is 11.2 Å². The first-order chi connectivity index (χ1) is 11.7. The van der Waals surface area contributed by atoms with Gasteiger partial charge in [0.05, 0.1) is 20.3 Å². The Hall–Kier alpha value is -2.69. The number of ether oxygens (including phenoxy) is 3. The molecular weight excluding hydrogens is 306 g/mol. The molecule has 0 saturated heterocycles. The number of carbonyl (C=O) groups is 1. The molecule has 24 heavy (non-hydrogen) atoms. The fourth-order valence-electron chi connectivity index (χ4n) is 2.55. The van der Waals surface area contributed by atoms with Crippen molar-refractivity contribution in [1.82, 2.24) is 0 Å². The minimum atomic E-state index is -0.0349. The van der Waals surface area contributed by atoms with Crippen LogP contribution in [0.25, 0.3) is 0 Å². The molecule has 0 atom stereocenters. The van der Waals surface area contributed by atoms with E-state index in [1.165, 1.54) is 0 Å². The molecule has 0 aliphatic carbocycles. The van der Waals surface area contributed by atoms with Crippen LogP contribution in [0.15, 0.2) is 42.5 Å². The molecule has 0 bridgehead atoms. The first kappa shape index (κ1) is 16.2. The second-order valence-corrected chi connectivity index (χ2v) is 5.61. The zero-order valence-electron chi connectivity index (χ0n) is 13.7. The molecule has 1 heterocycles. The third kappa shape index (κ3) is 4.19. The Kier molecular flexibility index (Phi) is 5.21. The number of carbonyl (C=O) groups excluding carboxylic acids is 1. The summed E-state index contributed by atoms with van der Waals surface area (Å²) in [6, 6.07) is 13.2. The molecule has 1 N–H and O–H groups in total. The van der Waals surface area contributed by atoms with E-state index < -0.39 is 0 Å². The van der Waals surface area contributed by atoms with Gasteiger partial charge in [-0.25, -0.2) is 0 Å². The third-order valence-electron chi connectivity index (χ3n) is 3.81. The van der Waals surface area contributed by atoms with Crippen LogP contribution in [-0.4, -0.2) is 26.2 Å². The van der Waals surface area contributed by atoms with Crippen molar-refractivity contribution in [3.8, 4) is 17.2 Å². The van der Waals surface area contributed by atoms with Gasteiger partial charge in [-0.2, -0.15) is 0 Å². The van der Waals surface area contributed by atoms with E-state index in [9.17, 15) is 4.79 Å². The van der Waals surface area contributed by atoms with Gasteiger partial charge in [0.2, 0.25) is 5.91 Å². The number of hydrogen-bond acceptors (Lipinski definition) is 4. The number of amides is 1. The average molecular weight is 327 g/mol. The lowest BCUT2D eigenvalue weighted by atomic mass is 10.1. The Bertz CT molecular complexity index is 714. The first-order valence-electron chi connectivity index (χ1n) is 8.07. The van der Waals surface area contributed by atoms with Crippen molar-refractivity contribution in [3.05, 3.63) is 48.0 Å². The Morgan fingerprint density at radius 3 is 2.79 bits per heavy atom. The summed E-state index contributed by atoms with van der Waals surface area (Å²) in [6.07, 6.45) is 1.92. The summed E-state index contributed by atoms with van der Waals surface area (Å²) in [4.78, 5) is 12.2. The number of nitrogens with one attached hydrogen (secondary N) is 1. The van der Waals surface area contributed by atoms with Crippen molar-refractivity contribution in [2.24, 2.45) is 0 Å². The summed E-state index contributed by atoms with van der Waals surface area (Å²) in [5.74, 6) is 2.17. The summed E-state index contributed by atoms with van der Waals surface area (Å²) in [5.41, 5.74) is 1.79. The van der Waals surface area contributed by atoms with Crippen molar-refractivity contribution in [2.75, 3.05) is 25.6 Å². The van der Waals surface area contributed by atoms with Crippen LogP contribution in [0.5, 0.6) is 17.2 Å². The van der Waals surface area contributed by atoms with Crippen LogP contribution in [0.1, 0.15) is 18.4 Å². The molecule has 0 unspecified atom stereocenters. The van der Waals surface area contributed by atoms with Crippen molar-refractivity contribution in [2.45, 2.75) is 19.3 Å². The van der Waals surface area contributed by atoms with Gasteiger partial charge in [-0.15, -0.1) is 0 Å². The largest absolute Gasteiger partial charge is 0.497 e. The SMILES string of the molecule is COc1cccc(CCC(=O)Nc2ccc3c(c2)OCCCO3)c1. The second kappa shape index (κ2) is 7.73. The molecule has 0 radical (unpaired) electrons. The number of fused-ring (bicyclic) bond motifs is 1. The van der Waals surface area contributed by atoms with E-state index >= 15 is 0 Å². The number of rotatable bonds is 5. The maximum absolute atomic E-state index is 12.2. The van der Waals surface area contributed by atoms with Gasteiger partial charge in [-0.3, -0.25) is 4.79 Å². The predicted molar refractivity (Wildman–Crippen MR) is 92.0 cm³/mol. The normalized spacial score (nSPS) is 13.0. The predicted octanol–water partition coefficient (Wildman–Crippen LogP) is 3.43. The maximum atomic E-state index is 12.2. The van der Waals surface area contributed by atoms with Crippen molar-refractivity contribution in [3.63, 3.8) is 0 Å². The molecule has 2 aromatic carbocycles. The summed E-state index contributed by atoms with van der Waals surface area (Å²) in [5, 5.41) is 2.91. The number of anilines is 1. The summed E-state index contributed by atoms with van der Waals surface area (Å²) in [7, 11) is 1.63.